The second-order valence-corrected chi connectivity index (χ2v) is 8.00. The molecular weight excluding hydrogens is 324 g/mol. The number of sulfonamides is 1. The van der Waals surface area contributed by atoms with Crippen LogP contribution < -0.4 is 0 Å². The van der Waals surface area contributed by atoms with E-state index in [2.05, 4.69) is 15.4 Å². The molecule has 9 heteroatoms. The molecule has 0 aromatic carbocycles. The summed E-state index contributed by atoms with van der Waals surface area (Å²) in [7, 11) is -2.00. The molecular formula is C13H14N4O3S2. The highest BCUT2D eigenvalue weighted by Crippen LogP contribution is 2.30. The molecule has 0 fully saturated rings. The average Bonchev–Trinajstić information content (AvgIpc) is 3.19. The van der Waals surface area contributed by atoms with Crippen molar-refractivity contribution < 1.29 is 12.9 Å². The maximum Gasteiger partial charge on any atom is 0.252 e. The van der Waals surface area contributed by atoms with Gasteiger partial charge in [0.05, 0.1) is 12.4 Å². The Bertz CT molecular complexity index is 865. The Kier molecular flexibility index (Phi) is 3.85. The molecule has 0 aliphatic heterocycles. The predicted molar refractivity (Wildman–Crippen MR) is 81.8 cm³/mol. The van der Waals surface area contributed by atoms with Crippen LogP contribution in [-0.2, 0) is 16.6 Å². The van der Waals surface area contributed by atoms with Gasteiger partial charge in [-0.15, -0.1) is 11.3 Å². The molecule has 0 bridgehead atoms. The first kappa shape index (κ1) is 14.9. The lowest BCUT2D eigenvalue weighted by atomic mass is 10.3. The summed E-state index contributed by atoms with van der Waals surface area (Å²) in [4.78, 5) is 0. The molecule has 116 valence electrons. The summed E-state index contributed by atoms with van der Waals surface area (Å²) >= 11 is 1.16. The number of aryl methyl sites for hydroxylation is 1. The molecule has 0 aliphatic carbocycles. The Morgan fingerprint density at radius 2 is 2.27 bits per heavy atom. The van der Waals surface area contributed by atoms with Crippen LogP contribution in [0.5, 0.6) is 0 Å². The number of rotatable bonds is 5. The van der Waals surface area contributed by atoms with Crippen molar-refractivity contribution in [1.29, 1.82) is 0 Å². The van der Waals surface area contributed by atoms with Crippen molar-refractivity contribution in [2.75, 3.05) is 7.05 Å². The highest BCUT2D eigenvalue weighted by Gasteiger charge is 2.24. The van der Waals surface area contributed by atoms with E-state index in [-0.39, 0.29) is 10.8 Å². The van der Waals surface area contributed by atoms with Crippen molar-refractivity contribution >= 4 is 21.4 Å². The van der Waals surface area contributed by atoms with E-state index >= 15 is 0 Å². The van der Waals surface area contributed by atoms with Crippen molar-refractivity contribution in [2.24, 2.45) is 0 Å². The number of thiophene rings is 1. The molecule has 3 heterocycles. The molecule has 7 nitrogen and oxygen atoms in total. The third-order valence-electron chi connectivity index (χ3n) is 3.29. The first-order valence-electron chi connectivity index (χ1n) is 6.43. The van der Waals surface area contributed by atoms with Gasteiger partial charge in [0, 0.05) is 41.9 Å². The molecule has 0 saturated heterocycles. The fourth-order valence-corrected chi connectivity index (χ4v) is 4.49. The van der Waals surface area contributed by atoms with Gasteiger partial charge >= 0.3 is 0 Å². The van der Waals surface area contributed by atoms with Crippen LogP contribution in [0.25, 0.3) is 11.3 Å². The van der Waals surface area contributed by atoms with Crippen molar-refractivity contribution in [3.05, 3.63) is 41.2 Å². The average molecular weight is 338 g/mol. The molecule has 3 rings (SSSR count). The fourth-order valence-electron chi connectivity index (χ4n) is 1.96. The lowest BCUT2D eigenvalue weighted by Gasteiger charge is -2.15. The first-order valence-corrected chi connectivity index (χ1v) is 8.75. The van der Waals surface area contributed by atoms with Crippen molar-refractivity contribution in [2.45, 2.75) is 17.7 Å². The molecule has 0 unspecified atom stereocenters. The summed E-state index contributed by atoms with van der Waals surface area (Å²) in [5.41, 5.74) is 2.41. The third kappa shape index (κ3) is 2.70. The summed E-state index contributed by atoms with van der Waals surface area (Å²) in [5, 5.41) is 12.1. The van der Waals surface area contributed by atoms with E-state index in [0.29, 0.717) is 11.3 Å². The van der Waals surface area contributed by atoms with Crippen LogP contribution >= 0.6 is 11.3 Å². The Hall–Kier alpha value is -1.97. The molecule has 22 heavy (non-hydrogen) atoms. The zero-order valence-corrected chi connectivity index (χ0v) is 13.6. The Balaban J connectivity index is 1.85. The minimum absolute atomic E-state index is 0.264. The van der Waals surface area contributed by atoms with E-state index in [9.17, 15) is 8.42 Å². The van der Waals surface area contributed by atoms with Gasteiger partial charge in [-0.3, -0.25) is 5.10 Å². The van der Waals surface area contributed by atoms with Gasteiger partial charge in [0.15, 0.2) is 5.76 Å². The van der Waals surface area contributed by atoms with Crippen LogP contribution in [0.3, 0.4) is 0 Å². The number of H-pyrrole nitrogens is 1. The second kappa shape index (κ2) is 5.67. The minimum atomic E-state index is -3.55. The highest BCUT2D eigenvalue weighted by atomic mass is 32.2. The maximum absolute atomic E-state index is 12.6. The van der Waals surface area contributed by atoms with Crippen molar-refractivity contribution in [3.63, 3.8) is 0 Å². The van der Waals surface area contributed by atoms with Gasteiger partial charge in [0.1, 0.15) is 4.21 Å². The first-order chi connectivity index (χ1) is 10.5. The number of nitrogens with one attached hydrogen (secondary N) is 1. The number of nitrogens with zero attached hydrogens (tertiary/aromatic N) is 3. The molecule has 0 aliphatic rings. The van der Waals surface area contributed by atoms with E-state index in [1.165, 1.54) is 10.5 Å². The van der Waals surface area contributed by atoms with E-state index < -0.39 is 10.0 Å². The molecule has 0 saturated carbocycles. The number of hydrogen-bond donors (Lipinski definition) is 1. The number of hydrogen-bond acceptors (Lipinski definition) is 6. The summed E-state index contributed by atoms with van der Waals surface area (Å²) in [6, 6.07) is 3.29. The van der Waals surface area contributed by atoms with Crippen LogP contribution in [0.1, 0.15) is 11.3 Å². The quantitative estimate of drug-likeness (QED) is 0.770. The third-order valence-corrected chi connectivity index (χ3v) is 6.51. The predicted octanol–water partition coefficient (Wildman–Crippen LogP) is 2.26. The largest absolute Gasteiger partial charge is 0.356 e. The Morgan fingerprint density at radius 3 is 2.91 bits per heavy atom. The zero-order valence-electron chi connectivity index (χ0n) is 12.0. The lowest BCUT2D eigenvalue weighted by Crippen LogP contribution is -2.25. The summed E-state index contributed by atoms with van der Waals surface area (Å²) in [5.74, 6) is 0.547. The van der Waals surface area contributed by atoms with Crippen molar-refractivity contribution in [1.82, 2.24) is 19.7 Å². The van der Waals surface area contributed by atoms with Gasteiger partial charge in [-0.25, -0.2) is 8.42 Å². The van der Waals surface area contributed by atoms with E-state index in [0.717, 1.165) is 22.6 Å². The minimum Gasteiger partial charge on any atom is -0.356 e. The van der Waals surface area contributed by atoms with Gasteiger partial charge in [-0.1, -0.05) is 5.16 Å². The summed E-state index contributed by atoms with van der Waals surface area (Å²) < 4.78 is 31.8. The summed E-state index contributed by atoms with van der Waals surface area (Å²) in [6.45, 7) is 2.12. The molecule has 0 atom stereocenters. The fraction of sp³-hybridized carbons (Fsp3) is 0.231. The maximum atomic E-state index is 12.6. The van der Waals surface area contributed by atoms with Gasteiger partial charge in [-0.05, 0) is 13.0 Å². The van der Waals surface area contributed by atoms with Crippen LogP contribution in [0.2, 0.25) is 0 Å². The lowest BCUT2D eigenvalue weighted by molar-refractivity contribution is 0.432. The normalized spacial score (nSPS) is 12.1. The van der Waals surface area contributed by atoms with Crippen molar-refractivity contribution in [3.8, 4) is 11.3 Å². The van der Waals surface area contributed by atoms with Gasteiger partial charge in [0.2, 0.25) is 0 Å². The van der Waals surface area contributed by atoms with Gasteiger partial charge < -0.3 is 4.52 Å². The topological polar surface area (TPSA) is 92.1 Å². The Morgan fingerprint density at radius 1 is 1.45 bits per heavy atom. The molecule has 3 aromatic rings. The van der Waals surface area contributed by atoms with E-state index in [4.69, 9.17) is 4.52 Å². The SMILES string of the molecule is Cc1[nH]ncc1CN(C)S(=O)(=O)c1cc(-c2ccno2)cs1. The van der Waals surface area contributed by atoms with Gasteiger partial charge in [-0.2, -0.15) is 9.40 Å². The van der Waals surface area contributed by atoms with Crippen LogP contribution in [0, 0.1) is 6.92 Å². The monoisotopic (exact) mass is 338 g/mol. The smallest absolute Gasteiger partial charge is 0.252 e. The molecule has 0 amide bonds. The molecule has 3 aromatic heterocycles. The zero-order chi connectivity index (χ0) is 15.7. The van der Waals surface area contributed by atoms with Crippen LogP contribution in [0.4, 0.5) is 0 Å². The molecule has 0 spiro atoms. The van der Waals surface area contributed by atoms with E-state index in [1.54, 1.807) is 30.8 Å². The number of aromatic amines is 1. The Labute approximate surface area is 131 Å². The number of aromatic nitrogens is 3. The van der Waals surface area contributed by atoms with E-state index in [1.807, 2.05) is 6.92 Å². The standard InChI is InChI=1S/C13H14N4O3S2/c1-9-11(6-14-16-9)7-17(2)22(18,19)13-5-10(8-21-13)12-3-4-15-20-12/h3-6,8H,7H2,1-2H3,(H,14,16). The van der Waals surface area contributed by atoms with Crippen LogP contribution in [0.15, 0.2) is 38.6 Å². The molecule has 1 N–H and O–H groups in total. The van der Waals surface area contributed by atoms with Crippen LogP contribution in [-0.4, -0.2) is 35.1 Å². The summed E-state index contributed by atoms with van der Waals surface area (Å²) in [6.07, 6.45) is 3.16. The second-order valence-electron chi connectivity index (χ2n) is 4.81. The molecule has 0 radical (unpaired) electrons. The highest BCUT2D eigenvalue weighted by molar-refractivity contribution is 7.91. The van der Waals surface area contributed by atoms with Gasteiger partial charge in [0.25, 0.3) is 10.0 Å².